The standard InChI is InChI=1S/C19H16BrN3O2S/c20-16-3-1-2-12-8-13(6-7-15(12)16)21-17(24)9-14-10-26-19(22-14)23-18(25)11-4-5-11/h1-3,6-8,10-11H,4-5,9H2,(H,21,24)(H,22,23,25). The molecule has 0 aliphatic heterocycles. The number of amides is 2. The fraction of sp³-hybridized carbons (Fsp3) is 0.211. The first-order chi connectivity index (χ1) is 12.6. The zero-order chi connectivity index (χ0) is 18.1. The molecule has 1 aromatic heterocycles. The lowest BCUT2D eigenvalue weighted by atomic mass is 10.1. The van der Waals surface area contributed by atoms with Gasteiger partial charge in [0.15, 0.2) is 5.13 Å². The van der Waals surface area contributed by atoms with Crippen molar-refractivity contribution in [1.29, 1.82) is 0 Å². The van der Waals surface area contributed by atoms with Gasteiger partial charge in [-0.05, 0) is 41.8 Å². The summed E-state index contributed by atoms with van der Waals surface area (Å²) in [4.78, 5) is 28.4. The van der Waals surface area contributed by atoms with Gasteiger partial charge in [-0.15, -0.1) is 11.3 Å². The number of fused-ring (bicyclic) bond motifs is 1. The smallest absolute Gasteiger partial charge is 0.230 e. The Labute approximate surface area is 163 Å². The van der Waals surface area contributed by atoms with Crippen LogP contribution in [0.15, 0.2) is 46.3 Å². The van der Waals surface area contributed by atoms with Crippen molar-refractivity contribution in [3.63, 3.8) is 0 Å². The first-order valence-corrected chi connectivity index (χ1v) is 9.99. The van der Waals surface area contributed by atoms with Crippen molar-refractivity contribution in [3.8, 4) is 0 Å². The number of hydrogen-bond donors (Lipinski definition) is 2. The average molecular weight is 430 g/mol. The zero-order valence-corrected chi connectivity index (χ0v) is 16.2. The summed E-state index contributed by atoms with van der Waals surface area (Å²) in [6.45, 7) is 0. The van der Waals surface area contributed by atoms with Crippen LogP contribution >= 0.6 is 27.3 Å². The molecule has 0 bridgehead atoms. The summed E-state index contributed by atoms with van der Waals surface area (Å²) < 4.78 is 1.02. The van der Waals surface area contributed by atoms with Crippen molar-refractivity contribution in [1.82, 2.24) is 4.98 Å². The molecule has 5 nitrogen and oxygen atoms in total. The molecule has 1 saturated carbocycles. The lowest BCUT2D eigenvalue weighted by molar-refractivity contribution is -0.117. The molecule has 0 saturated heterocycles. The summed E-state index contributed by atoms with van der Waals surface area (Å²) in [5.74, 6) is 0.0287. The van der Waals surface area contributed by atoms with Crippen molar-refractivity contribution in [2.45, 2.75) is 19.3 Å². The van der Waals surface area contributed by atoms with E-state index >= 15 is 0 Å². The van der Waals surface area contributed by atoms with Gasteiger partial charge in [-0.1, -0.05) is 34.1 Å². The number of thiazole rings is 1. The molecule has 3 aromatic rings. The van der Waals surface area contributed by atoms with Gasteiger partial charge < -0.3 is 10.6 Å². The molecule has 4 rings (SSSR count). The number of carbonyl (C=O) groups excluding carboxylic acids is 2. The Bertz CT molecular complexity index is 997. The summed E-state index contributed by atoms with van der Waals surface area (Å²) in [5, 5.41) is 10.2. The molecule has 2 amide bonds. The van der Waals surface area contributed by atoms with Gasteiger partial charge >= 0.3 is 0 Å². The van der Waals surface area contributed by atoms with Crippen LogP contribution in [-0.4, -0.2) is 16.8 Å². The second-order valence-electron chi connectivity index (χ2n) is 6.31. The van der Waals surface area contributed by atoms with E-state index in [1.54, 1.807) is 5.38 Å². The first kappa shape index (κ1) is 17.2. The molecule has 1 heterocycles. The molecule has 2 N–H and O–H groups in total. The topological polar surface area (TPSA) is 71.1 Å². The number of aromatic nitrogens is 1. The highest BCUT2D eigenvalue weighted by Gasteiger charge is 2.30. The van der Waals surface area contributed by atoms with E-state index in [-0.39, 0.29) is 24.2 Å². The Morgan fingerprint density at radius 2 is 2.04 bits per heavy atom. The third-order valence-electron chi connectivity index (χ3n) is 4.18. The van der Waals surface area contributed by atoms with Gasteiger partial charge in [0.05, 0.1) is 12.1 Å². The van der Waals surface area contributed by atoms with Gasteiger partial charge in [-0.2, -0.15) is 0 Å². The normalized spacial score (nSPS) is 13.6. The quantitative estimate of drug-likeness (QED) is 0.622. The highest BCUT2D eigenvalue weighted by atomic mass is 79.9. The molecule has 1 aliphatic carbocycles. The molecule has 1 aliphatic rings. The van der Waals surface area contributed by atoms with Crippen molar-refractivity contribution in [2.75, 3.05) is 10.6 Å². The van der Waals surface area contributed by atoms with E-state index < -0.39 is 0 Å². The van der Waals surface area contributed by atoms with Crippen LogP contribution in [0.3, 0.4) is 0 Å². The van der Waals surface area contributed by atoms with Crippen LogP contribution in [0.25, 0.3) is 10.8 Å². The van der Waals surface area contributed by atoms with E-state index in [1.165, 1.54) is 11.3 Å². The van der Waals surface area contributed by atoms with Gasteiger partial charge in [0, 0.05) is 21.5 Å². The van der Waals surface area contributed by atoms with Crippen LogP contribution < -0.4 is 10.6 Å². The maximum absolute atomic E-state index is 12.3. The number of halogens is 1. The van der Waals surface area contributed by atoms with Crippen LogP contribution in [0.5, 0.6) is 0 Å². The van der Waals surface area contributed by atoms with Gasteiger partial charge in [0.2, 0.25) is 11.8 Å². The number of benzene rings is 2. The second kappa shape index (κ2) is 7.17. The van der Waals surface area contributed by atoms with Crippen molar-refractivity contribution < 1.29 is 9.59 Å². The lowest BCUT2D eigenvalue weighted by Gasteiger charge is -2.07. The fourth-order valence-corrected chi connectivity index (χ4v) is 3.92. The number of anilines is 2. The molecule has 0 atom stereocenters. The number of nitrogens with zero attached hydrogens (tertiary/aromatic N) is 1. The maximum atomic E-state index is 12.3. The first-order valence-electron chi connectivity index (χ1n) is 8.32. The predicted molar refractivity (Wildman–Crippen MR) is 107 cm³/mol. The number of rotatable bonds is 5. The average Bonchev–Trinajstić information content (AvgIpc) is 3.37. The summed E-state index contributed by atoms with van der Waals surface area (Å²) in [5.41, 5.74) is 1.40. The summed E-state index contributed by atoms with van der Waals surface area (Å²) in [6.07, 6.45) is 2.08. The highest BCUT2D eigenvalue weighted by molar-refractivity contribution is 9.10. The molecule has 0 radical (unpaired) electrons. The largest absolute Gasteiger partial charge is 0.326 e. The monoisotopic (exact) mass is 429 g/mol. The van der Waals surface area contributed by atoms with Gasteiger partial charge in [0.1, 0.15) is 0 Å². The van der Waals surface area contributed by atoms with E-state index in [0.29, 0.717) is 10.8 Å². The van der Waals surface area contributed by atoms with E-state index in [9.17, 15) is 9.59 Å². The molecule has 0 unspecified atom stereocenters. The summed E-state index contributed by atoms with van der Waals surface area (Å²) in [7, 11) is 0. The van der Waals surface area contributed by atoms with E-state index in [1.807, 2.05) is 36.4 Å². The Balaban J connectivity index is 1.39. The maximum Gasteiger partial charge on any atom is 0.230 e. The van der Waals surface area contributed by atoms with E-state index in [0.717, 1.165) is 33.8 Å². The molecule has 0 spiro atoms. The van der Waals surface area contributed by atoms with E-state index in [4.69, 9.17) is 0 Å². The van der Waals surface area contributed by atoms with Crippen molar-refractivity contribution >= 4 is 60.7 Å². The van der Waals surface area contributed by atoms with Crippen molar-refractivity contribution in [3.05, 3.63) is 51.9 Å². The fourth-order valence-electron chi connectivity index (χ4n) is 2.69. The Hall–Kier alpha value is -2.25. The third kappa shape index (κ3) is 3.94. The minimum absolute atomic E-state index is 0.0256. The van der Waals surface area contributed by atoms with Gasteiger partial charge in [-0.25, -0.2) is 4.98 Å². The molecule has 7 heteroatoms. The van der Waals surface area contributed by atoms with Crippen LogP contribution in [0.1, 0.15) is 18.5 Å². The zero-order valence-electron chi connectivity index (χ0n) is 13.8. The molecule has 132 valence electrons. The van der Waals surface area contributed by atoms with Crippen LogP contribution in [0.4, 0.5) is 10.8 Å². The lowest BCUT2D eigenvalue weighted by Crippen LogP contribution is -2.15. The molecule has 26 heavy (non-hydrogen) atoms. The Kier molecular flexibility index (Phi) is 4.74. The van der Waals surface area contributed by atoms with Crippen LogP contribution in [0, 0.1) is 5.92 Å². The molecular formula is C19H16BrN3O2S. The van der Waals surface area contributed by atoms with Gasteiger partial charge in [0.25, 0.3) is 0 Å². The minimum Gasteiger partial charge on any atom is -0.326 e. The molecular weight excluding hydrogens is 414 g/mol. The molecule has 1 fully saturated rings. The van der Waals surface area contributed by atoms with Crippen LogP contribution in [0.2, 0.25) is 0 Å². The third-order valence-corrected chi connectivity index (χ3v) is 5.68. The summed E-state index contributed by atoms with van der Waals surface area (Å²) in [6, 6.07) is 11.8. The molecule has 2 aromatic carbocycles. The number of hydrogen-bond acceptors (Lipinski definition) is 4. The highest BCUT2D eigenvalue weighted by Crippen LogP contribution is 2.31. The van der Waals surface area contributed by atoms with Crippen molar-refractivity contribution in [2.24, 2.45) is 5.92 Å². The Morgan fingerprint density at radius 1 is 1.19 bits per heavy atom. The Morgan fingerprint density at radius 3 is 2.85 bits per heavy atom. The SMILES string of the molecule is O=C(Cc1csc(NC(=O)C2CC2)n1)Nc1ccc2c(Br)cccc2c1. The van der Waals surface area contributed by atoms with E-state index in [2.05, 4.69) is 31.5 Å². The predicted octanol–water partition coefficient (Wildman–Crippen LogP) is 4.59. The minimum atomic E-state index is -0.135. The summed E-state index contributed by atoms with van der Waals surface area (Å²) >= 11 is 4.87. The van der Waals surface area contributed by atoms with Crippen LogP contribution in [-0.2, 0) is 16.0 Å². The number of carbonyl (C=O) groups is 2. The van der Waals surface area contributed by atoms with Gasteiger partial charge in [-0.3, -0.25) is 9.59 Å². The number of nitrogens with one attached hydrogen (secondary N) is 2. The second-order valence-corrected chi connectivity index (χ2v) is 8.02.